The second kappa shape index (κ2) is 3.37. The van der Waals surface area contributed by atoms with Crippen molar-refractivity contribution in [3.63, 3.8) is 0 Å². The zero-order valence-corrected chi connectivity index (χ0v) is 7.58. The Labute approximate surface area is 78.5 Å². The first-order chi connectivity index (χ1) is 6.25. The first kappa shape index (κ1) is 8.55. The summed E-state index contributed by atoms with van der Waals surface area (Å²) >= 11 is 1.83. The molecule has 0 atom stereocenters. The van der Waals surface area contributed by atoms with Crippen LogP contribution in [0.3, 0.4) is 0 Å². The Morgan fingerprint density at radius 1 is 1.69 bits per heavy atom. The van der Waals surface area contributed by atoms with E-state index in [9.17, 15) is 4.79 Å². The van der Waals surface area contributed by atoms with Gasteiger partial charge in [-0.05, 0) is 0 Å². The van der Waals surface area contributed by atoms with Crippen molar-refractivity contribution < 1.29 is 14.4 Å². The van der Waals surface area contributed by atoms with Gasteiger partial charge in [-0.1, -0.05) is 5.16 Å². The molecule has 5 nitrogen and oxygen atoms in total. The van der Waals surface area contributed by atoms with Gasteiger partial charge in [-0.2, -0.15) is 16.7 Å². The van der Waals surface area contributed by atoms with Crippen LogP contribution >= 0.6 is 11.8 Å². The third-order valence-electron chi connectivity index (χ3n) is 1.79. The third kappa shape index (κ3) is 1.82. The predicted octanol–water partition coefficient (Wildman–Crippen LogP) is 0.527. The van der Waals surface area contributed by atoms with E-state index in [1.165, 1.54) is 0 Å². The molecule has 0 saturated carbocycles. The molecule has 1 fully saturated rings. The second-order valence-corrected chi connectivity index (χ2v) is 3.93. The molecule has 2 heterocycles. The summed E-state index contributed by atoms with van der Waals surface area (Å²) in [6, 6.07) is 0. The molecule has 0 aliphatic carbocycles. The van der Waals surface area contributed by atoms with Crippen molar-refractivity contribution in [2.24, 2.45) is 0 Å². The lowest BCUT2D eigenvalue weighted by atomic mass is 10.2. The smallest absolute Gasteiger partial charge is 0.312 e. The van der Waals surface area contributed by atoms with Gasteiger partial charge < -0.3 is 9.63 Å². The van der Waals surface area contributed by atoms with Crippen LogP contribution in [0, 0.1) is 0 Å². The van der Waals surface area contributed by atoms with Gasteiger partial charge in [0.25, 0.3) is 0 Å². The van der Waals surface area contributed by atoms with Gasteiger partial charge >= 0.3 is 5.97 Å². The molecule has 1 aliphatic heterocycles. The summed E-state index contributed by atoms with van der Waals surface area (Å²) in [6.07, 6.45) is -0.188. The quantitative estimate of drug-likeness (QED) is 0.766. The Morgan fingerprint density at radius 2 is 2.46 bits per heavy atom. The molecule has 1 aromatic heterocycles. The van der Waals surface area contributed by atoms with Gasteiger partial charge in [0.05, 0.1) is 0 Å². The number of nitrogens with zero attached hydrogens (tertiary/aromatic N) is 2. The minimum absolute atomic E-state index is 0.188. The average Bonchev–Trinajstić information content (AvgIpc) is 2.31. The number of thioether (sulfide) groups is 1. The molecule has 0 bridgehead atoms. The van der Waals surface area contributed by atoms with Crippen molar-refractivity contribution in [3.05, 3.63) is 11.7 Å². The fourth-order valence-electron chi connectivity index (χ4n) is 1.02. The van der Waals surface area contributed by atoms with Crippen LogP contribution in [0.1, 0.15) is 17.6 Å². The van der Waals surface area contributed by atoms with Gasteiger partial charge in [0, 0.05) is 17.4 Å². The van der Waals surface area contributed by atoms with E-state index in [0.717, 1.165) is 11.5 Å². The molecule has 0 spiro atoms. The maximum atomic E-state index is 10.3. The summed E-state index contributed by atoms with van der Waals surface area (Å²) in [5.74, 6) is 2.27. The van der Waals surface area contributed by atoms with E-state index in [1.807, 2.05) is 11.8 Å². The molecule has 0 radical (unpaired) electrons. The highest BCUT2D eigenvalue weighted by atomic mass is 32.2. The zero-order valence-electron chi connectivity index (χ0n) is 6.77. The lowest BCUT2D eigenvalue weighted by molar-refractivity contribution is -0.136. The van der Waals surface area contributed by atoms with Crippen molar-refractivity contribution in [3.8, 4) is 0 Å². The van der Waals surface area contributed by atoms with Crippen molar-refractivity contribution >= 4 is 17.7 Å². The number of carbonyl (C=O) groups is 1. The molecule has 1 aromatic rings. The van der Waals surface area contributed by atoms with E-state index in [1.54, 1.807) is 0 Å². The highest BCUT2D eigenvalue weighted by molar-refractivity contribution is 8.00. The standard InChI is InChI=1S/C7H8N2O3S/c10-6(11)1-5-8-7(9-12-5)4-2-13-3-4/h4H,1-3H2,(H,10,11). The van der Waals surface area contributed by atoms with Crippen molar-refractivity contribution in [1.82, 2.24) is 10.1 Å². The van der Waals surface area contributed by atoms with Crippen LogP contribution in [-0.4, -0.2) is 32.7 Å². The van der Waals surface area contributed by atoms with Gasteiger partial charge in [-0.25, -0.2) is 0 Å². The third-order valence-corrected chi connectivity index (χ3v) is 3.07. The Morgan fingerprint density at radius 3 is 3.00 bits per heavy atom. The first-order valence-corrected chi connectivity index (χ1v) is 5.03. The largest absolute Gasteiger partial charge is 0.481 e. The van der Waals surface area contributed by atoms with Gasteiger partial charge in [-0.3, -0.25) is 4.79 Å². The van der Waals surface area contributed by atoms with Gasteiger partial charge in [0.2, 0.25) is 5.89 Å². The van der Waals surface area contributed by atoms with Crippen LogP contribution in [0.5, 0.6) is 0 Å². The summed E-state index contributed by atoms with van der Waals surface area (Å²) in [6.45, 7) is 0. The lowest BCUT2D eigenvalue weighted by Gasteiger charge is -2.20. The van der Waals surface area contributed by atoms with Crippen LogP contribution < -0.4 is 0 Å². The van der Waals surface area contributed by atoms with Crippen molar-refractivity contribution in [2.75, 3.05) is 11.5 Å². The van der Waals surface area contributed by atoms with Gasteiger partial charge in [0.1, 0.15) is 6.42 Å². The molecule has 1 aliphatic rings. The molecular formula is C7H8N2O3S. The Bertz CT molecular complexity index is 321. The SMILES string of the molecule is O=C(O)Cc1nc(C2CSC2)no1. The van der Waals surface area contributed by atoms with Gasteiger partial charge in [0.15, 0.2) is 5.82 Å². The number of hydrogen-bond acceptors (Lipinski definition) is 5. The molecule has 0 amide bonds. The average molecular weight is 200 g/mol. The topological polar surface area (TPSA) is 76.2 Å². The summed E-state index contributed by atoms with van der Waals surface area (Å²) in [5, 5.41) is 12.2. The van der Waals surface area contributed by atoms with Crippen molar-refractivity contribution in [1.29, 1.82) is 0 Å². The van der Waals surface area contributed by atoms with Crippen molar-refractivity contribution in [2.45, 2.75) is 12.3 Å². The number of rotatable bonds is 3. The normalized spacial score (nSPS) is 16.9. The van der Waals surface area contributed by atoms with E-state index in [2.05, 4.69) is 10.1 Å². The molecule has 70 valence electrons. The Kier molecular flexibility index (Phi) is 2.22. The number of aromatic nitrogens is 2. The van der Waals surface area contributed by atoms with Crippen LogP contribution in [0.2, 0.25) is 0 Å². The lowest BCUT2D eigenvalue weighted by Crippen LogP contribution is -2.16. The highest BCUT2D eigenvalue weighted by Gasteiger charge is 2.25. The molecule has 2 rings (SSSR count). The van der Waals surface area contributed by atoms with E-state index >= 15 is 0 Å². The predicted molar refractivity (Wildman–Crippen MR) is 45.7 cm³/mol. The zero-order chi connectivity index (χ0) is 9.26. The fourth-order valence-corrected chi connectivity index (χ4v) is 1.79. The molecule has 6 heteroatoms. The Hall–Kier alpha value is -1.04. The van der Waals surface area contributed by atoms with Crippen LogP contribution in [0.15, 0.2) is 4.52 Å². The van der Waals surface area contributed by atoms with Crippen LogP contribution in [0.25, 0.3) is 0 Å². The van der Waals surface area contributed by atoms with Crippen LogP contribution in [0.4, 0.5) is 0 Å². The molecule has 1 saturated heterocycles. The van der Waals surface area contributed by atoms with E-state index in [-0.39, 0.29) is 12.3 Å². The summed E-state index contributed by atoms with van der Waals surface area (Å²) in [7, 11) is 0. The summed E-state index contributed by atoms with van der Waals surface area (Å²) in [4.78, 5) is 14.3. The van der Waals surface area contributed by atoms with Crippen LogP contribution in [-0.2, 0) is 11.2 Å². The second-order valence-electron chi connectivity index (χ2n) is 2.85. The number of carboxylic acid groups (broad SMARTS) is 1. The molecule has 1 N–H and O–H groups in total. The fraction of sp³-hybridized carbons (Fsp3) is 0.571. The minimum atomic E-state index is -0.946. The summed E-state index contributed by atoms with van der Waals surface area (Å²) in [5.41, 5.74) is 0. The van der Waals surface area contributed by atoms with E-state index < -0.39 is 5.97 Å². The molecule has 0 unspecified atom stereocenters. The molecule has 13 heavy (non-hydrogen) atoms. The van der Waals surface area contributed by atoms with E-state index in [0.29, 0.717) is 11.7 Å². The highest BCUT2D eigenvalue weighted by Crippen LogP contribution is 2.31. The maximum Gasteiger partial charge on any atom is 0.312 e. The Balaban J connectivity index is 2.04. The van der Waals surface area contributed by atoms with Gasteiger partial charge in [-0.15, -0.1) is 0 Å². The first-order valence-electron chi connectivity index (χ1n) is 3.87. The number of carboxylic acids is 1. The molecule has 0 aromatic carbocycles. The maximum absolute atomic E-state index is 10.3. The number of aliphatic carboxylic acids is 1. The minimum Gasteiger partial charge on any atom is -0.481 e. The number of hydrogen-bond donors (Lipinski definition) is 1. The summed E-state index contributed by atoms with van der Waals surface area (Å²) < 4.78 is 4.78. The van der Waals surface area contributed by atoms with E-state index in [4.69, 9.17) is 9.63 Å². The monoisotopic (exact) mass is 200 g/mol. The molecular weight excluding hydrogens is 192 g/mol.